The zero-order valence-electron chi connectivity index (χ0n) is 9.55. The average molecular weight is 296 g/mol. The number of hydrogen-bond acceptors (Lipinski definition) is 3. The summed E-state index contributed by atoms with van der Waals surface area (Å²) in [5.74, 6) is -0.663. The minimum atomic E-state index is -0.663. The van der Waals surface area contributed by atoms with Crippen molar-refractivity contribution in [2.24, 2.45) is 0 Å². The molecule has 0 aliphatic rings. The average Bonchev–Trinajstić information content (AvgIpc) is 2.38. The molecule has 2 aromatic carbocycles. The molecule has 96 valence electrons. The van der Waals surface area contributed by atoms with Crippen molar-refractivity contribution in [1.29, 1.82) is 5.26 Å². The molecule has 0 aromatic heterocycles. The molecule has 0 bridgehead atoms. The van der Waals surface area contributed by atoms with E-state index in [0.717, 1.165) is 0 Å². The van der Waals surface area contributed by atoms with Crippen molar-refractivity contribution in [3.05, 3.63) is 51.8 Å². The minimum Gasteiger partial charge on any atom is -0.398 e. The van der Waals surface area contributed by atoms with Gasteiger partial charge >= 0.3 is 0 Å². The number of benzene rings is 2. The van der Waals surface area contributed by atoms with Gasteiger partial charge in [0, 0.05) is 17.1 Å². The molecule has 0 saturated carbocycles. The summed E-state index contributed by atoms with van der Waals surface area (Å²) < 4.78 is 13.3. The van der Waals surface area contributed by atoms with Gasteiger partial charge in [-0.2, -0.15) is 5.26 Å². The Kier molecular flexibility index (Phi) is 3.79. The summed E-state index contributed by atoms with van der Waals surface area (Å²) >= 11 is 11.4. The quantitative estimate of drug-likeness (QED) is 0.640. The molecule has 0 heterocycles. The number of nitrogen functional groups attached to an aromatic ring is 1. The van der Waals surface area contributed by atoms with Crippen molar-refractivity contribution < 1.29 is 4.39 Å². The van der Waals surface area contributed by atoms with E-state index in [2.05, 4.69) is 5.32 Å². The third-order valence-corrected chi connectivity index (χ3v) is 3.00. The number of nitrogens with two attached hydrogens (primary N) is 1. The van der Waals surface area contributed by atoms with Gasteiger partial charge in [-0.25, -0.2) is 4.39 Å². The topological polar surface area (TPSA) is 61.8 Å². The van der Waals surface area contributed by atoms with Crippen LogP contribution in [0.2, 0.25) is 10.0 Å². The zero-order valence-corrected chi connectivity index (χ0v) is 11.1. The second-order valence-corrected chi connectivity index (χ2v) is 4.61. The number of halogens is 3. The second-order valence-electron chi connectivity index (χ2n) is 3.79. The summed E-state index contributed by atoms with van der Waals surface area (Å²) in [6.45, 7) is 0. The smallest absolute Gasteiger partial charge is 0.160 e. The summed E-state index contributed by atoms with van der Waals surface area (Å²) in [5, 5.41) is 11.7. The first-order valence-electron chi connectivity index (χ1n) is 5.22. The van der Waals surface area contributed by atoms with Gasteiger partial charge in [0.1, 0.15) is 6.07 Å². The lowest BCUT2D eigenvalue weighted by Gasteiger charge is -2.09. The molecule has 0 atom stereocenters. The third kappa shape index (κ3) is 2.90. The molecular formula is C13H8Cl2FN3. The Morgan fingerprint density at radius 1 is 1.11 bits per heavy atom. The molecule has 0 aliphatic carbocycles. The van der Waals surface area contributed by atoms with Crippen molar-refractivity contribution in [2.45, 2.75) is 0 Å². The van der Waals surface area contributed by atoms with Crippen molar-refractivity contribution in [3.8, 4) is 6.07 Å². The molecule has 19 heavy (non-hydrogen) atoms. The van der Waals surface area contributed by atoms with Crippen LogP contribution >= 0.6 is 23.2 Å². The minimum absolute atomic E-state index is 0.0778. The summed E-state index contributed by atoms with van der Waals surface area (Å²) in [6, 6.07) is 9.68. The molecule has 0 unspecified atom stereocenters. The van der Waals surface area contributed by atoms with Crippen LogP contribution in [-0.2, 0) is 0 Å². The molecule has 6 heteroatoms. The fourth-order valence-corrected chi connectivity index (χ4v) is 2.01. The number of rotatable bonds is 2. The number of nitriles is 1. The number of nitrogens with one attached hydrogen (secondary N) is 1. The third-order valence-electron chi connectivity index (χ3n) is 2.45. The van der Waals surface area contributed by atoms with E-state index in [9.17, 15) is 4.39 Å². The molecule has 0 aliphatic heterocycles. The first-order valence-corrected chi connectivity index (χ1v) is 5.98. The van der Waals surface area contributed by atoms with Crippen molar-refractivity contribution in [3.63, 3.8) is 0 Å². The van der Waals surface area contributed by atoms with Crippen LogP contribution in [0.3, 0.4) is 0 Å². The van der Waals surface area contributed by atoms with Gasteiger partial charge in [-0.05, 0) is 30.3 Å². The Morgan fingerprint density at radius 3 is 2.32 bits per heavy atom. The van der Waals surface area contributed by atoms with Crippen LogP contribution in [-0.4, -0.2) is 0 Å². The Balaban J connectivity index is 2.34. The lowest BCUT2D eigenvalue weighted by Crippen LogP contribution is -1.95. The van der Waals surface area contributed by atoms with Crippen molar-refractivity contribution in [1.82, 2.24) is 0 Å². The highest BCUT2D eigenvalue weighted by atomic mass is 35.5. The molecule has 0 radical (unpaired) electrons. The van der Waals surface area contributed by atoms with Gasteiger partial charge in [0.25, 0.3) is 0 Å². The van der Waals surface area contributed by atoms with Crippen LogP contribution in [0.5, 0.6) is 0 Å². The highest BCUT2D eigenvalue weighted by Gasteiger charge is 2.08. The van der Waals surface area contributed by atoms with Gasteiger partial charge in [-0.1, -0.05) is 23.2 Å². The highest BCUT2D eigenvalue weighted by molar-refractivity contribution is 6.35. The van der Waals surface area contributed by atoms with E-state index in [4.69, 9.17) is 34.2 Å². The molecule has 2 rings (SSSR count). The fraction of sp³-hybridized carbons (Fsp3) is 0. The molecule has 3 N–H and O–H groups in total. The van der Waals surface area contributed by atoms with Gasteiger partial charge in [-0.15, -0.1) is 0 Å². The zero-order chi connectivity index (χ0) is 14.0. The fourth-order valence-electron chi connectivity index (χ4n) is 1.53. The number of anilines is 3. The van der Waals surface area contributed by atoms with E-state index in [1.807, 2.05) is 6.07 Å². The van der Waals surface area contributed by atoms with E-state index in [-0.39, 0.29) is 10.0 Å². The van der Waals surface area contributed by atoms with Crippen LogP contribution in [0.25, 0.3) is 0 Å². The first kappa shape index (κ1) is 13.5. The number of nitrogens with zero attached hydrogens (tertiary/aromatic N) is 1. The van der Waals surface area contributed by atoms with Gasteiger partial charge < -0.3 is 11.1 Å². The van der Waals surface area contributed by atoms with Gasteiger partial charge in [0.2, 0.25) is 0 Å². The maximum absolute atomic E-state index is 13.3. The van der Waals surface area contributed by atoms with E-state index < -0.39 is 5.82 Å². The van der Waals surface area contributed by atoms with Gasteiger partial charge in [0.05, 0.1) is 15.6 Å². The second kappa shape index (κ2) is 5.35. The molecule has 0 amide bonds. The Labute approximate surface area is 119 Å². The normalized spacial score (nSPS) is 10.0. The monoisotopic (exact) mass is 295 g/mol. The standard InChI is InChI=1S/C13H8Cl2FN3/c14-10-4-9(5-11(15)13(10)16)19-8-1-2-12(18)7(3-8)6-17/h1-5,19H,18H2. The molecule has 3 nitrogen and oxygen atoms in total. The molecule has 0 saturated heterocycles. The van der Waals surface area contributed by atoms with E-state index >= 15 is 0 Å². The van der Waals surface area contributed by atoms with Crippen LogP contribution in [0.15, 0.2) is 30.3 Å². The first-order chi connectivity index (χ1) is 9.01. The van der Waals surface area contributed by atoms with Gasteiger partial charge in [-0.3, -0.25) is 0 Å². The van der Waals surface area contributed by atoms with E-state index in [1.165, 1.54) is 12.1 Å². The van der Waals surface area contributed by atoms with Crippen molar-refractivity contribution in [2.75, 3.05) is 11.1 Å². The van der Waals surface area contributed by atoms with Gasteiger partial charge in [0.15, 0.2) is 5.82 Å². The Bertz CT molecular complexity index is 657. The predicted octanol–water partition coefficient (Wildman–Crippen LogP) is 4.33. The molecular weight excluding hydrogens is 288 g/mol. The summed E-state index contributed by atoms with van der Waals surface area (Å²) in [5.41, 5.74) is 7.51. The SMILES string of the molecule is N#Cc1cc(Nc2cc(Cl)c(F)c(Cl)c2)ccc1N. The molecule has 2 aromatic rings. The van der Waals surface area contributed by atoms with Crippen LogP contribution in [0, 0.1) is 17.1 Å². The molecule has 0 fully saturated rings. The Hall–Kier alpha value is -1.96. The van der Waals surface area contributed by atoms with E-state index in [1.54, 1.807) is 18.2 Å². The predicted molar refractivity (Wildman–Crippen MR) is 75.3 cm³/mol. The largest absolute Gasteiger partial charge is 0.398 e. The summed E-state index contributed by atoms with van der Waals surface area (Å²) in [6.07, 6.45) is 0. The lowest BCUT2D eigenvalue weighted by molar-refractivity contribution is 0.629. The highest BCUT2D eigenvalue weighted by Crippen LogP contribution is 2.29. The Morgan fingerprint density at radius 2 is 1.74 bits per heavy atom. The summed E-state index contributed by atoms with van der Waals surface area (Å²) in [7, 11) is 0. The van der Waals surface area contributed by atoms with Crippen LogP contribution in [0.1, 0.15) is 5.56 Å². The van der Waals surface area contributed by atoms with E-state index in [0.29, 0.717) is 22.6 Å². The summed E-state index contributed by atoms with van der Waals surface area (Å²) in [4.78, 5) is 0. The number of hydrogen-bond donors (Lipinski definition) is 2. The molecule has 0 spiro atoms. The maximum atomic E-state index is 13.3. The van der Waals surface area contributed by atoms with Crippen LogP contribution in [0.4, 0.5) is 21.5 Å². The maximum Gasteiger partial charge on any atom is 0.160 e. The van der Waals surface area contributed by atoms with Crippen molar-refractivity contribution >= 4 is 40.3 Å². The lowest BCUT2D eigenvalue weighted by atomic mass is 10.1. The van der Waals surface area contributed by atoms with Crippen LogP contribution < -0.4 is 11.1 Å².